The number of nitrogens with zero attached hydrogens (tertiary/aromatic N) is 1. The van der Waals surface area contributed by atoms with Crippen molar-refractivity contribution in [2.24, 2.45) is 11.8 Å². The fraction of sp³-hybridized carbons (Fsp3) is 0.429. The molecule has 3 rings (SSSR count). The largest absolute Gasteiger partial charge is 0.439 e. The van der Waals surface area contributed by atoms with E-state index in [4.69, 9.17) is 4.74 Å². The number of benzene rings is 1. The van der Waals surface area contributed by atoms with Crippen LogP contribution in [0.15, 0.2) is 42.6 Å². The molecule has 144 valence electrons. The molecule has 0 saturated carbocycles. The van der Waals surface area contributed by atoms with E-state index in [2.05, 4.69) is 22.5 Å². The minimum absolute atomic E-state index is 0.0765. The summed E-state index contributed by atoms with van der Waals surface area (Å²) in [5.41, 5.74) is 0.907. The molecule has 1 fully saturated rings. The molecule has 1 amide bonds. The van der Waals surface area contributed by atoms with E-state index in [1.54, 1.807) is 24.4 Å². The van der Waals surface area contributed by atoms with Crippen molar-refractivity contribution in [3.05, 3.63) is 54.0 Å². The summed E-state index contributed by atoms with van der Waals surface area (Å²) in [6, 6.07) is 9.38. The van der Waals surface area contributed by atoms with Crippen molar-refractivity contribution in [3.63, 3.8) is 0 Å². The van der Waals surface area contributed by atoms with Gasteiger partial charge in [-0.25, -0.2) is 9.37 Å². The Morgan fingerprint density at radius 2 is 2.00 bits per heavy atom. The Labute approximate surface area is 159 Å². The van der Waals surface area contributed by atoms with Crippen LogP contribution in [0.3, 0.4) is 0 Å². The van der Waals surface area contributed by atoms with Gasteiger partial charge in [0.25, 0.3) is 0 Å². The van der Waals surface area contributed by atoms with Crippen LogP contribution in [0, 0.1) is 17.7 Å². The van der Waals surface area contributed by atoms with Crippen LogP contribution >= 0.6 is 0 Å². The monoisotopic (exact) mass is 371 g/mol. The quantitative estimate of drug-likeness (QED) is 0.780. The van der Waals surface area contributed by atoms with Gasteiger partial charge in [0.2, 0.25) is 11.8 Å². The van der Waals surface area contributed by atoms with Gasteiger partial charge < -0.3 is 15.4 Å². The summed E-state index contributed by atoms with van der Waals surface area (Å²) in [6.45, 7) is 4.71. The van der Waals surface area contributed by atoms with E-state index < -0.39 is 0 Å². The van der Waals surface area contributed by atoms with Gasteiger partial charge in [-0.05, 0) is 67.6 Å². The molecule has 2 N–H and O–H groups in total. The van der Waals surface area contributed by atoms with E-state index in [0.29, 0.717) is 36.4 Å². The maximum Gasteiger partial charge on any atom is 0.220 e. The first-order valence-electron chi connectivity index (χ1n) is 9.46. The number of carbonyl (C=O) groups excluding carboxylic acids is 1. The molecule has 0 bridgehead atoms. The molecule has 27 heavy (non-hydrogen) atoms. The van der Waals surface area contributed by atoms with Gasteiger partial charge in [-0.1, -0.05) is 13.0 Å². The predicted octanol–water partition coefficient (Wildman–Crippen LogP) is 3.66. The Morgan fingerprint density at radius 3 is 2.67 bits per heavy atom. The molecule has 2 aromatic rings. The lowest BCUT2D eigenvalue weighted by molar-refractivity contribution is -0.122. The molecule has 0 spiro atoms. The highest BCUT2D eigenvalue weighted by atomic mass is 19.1. The molecule has 5 nitrogen and oxygen atoms in total. The number of piperidine rings is 1. The van der Waals surface area contributed by atoms with Gasteiger partial charge in [-0.2, -0.15) is 0 Å². The van der Waals surface area contributed by atoms with Crippen LogP contribution in [0.25, 0.3) is 0 Å². The van der Waals surface area contributed by atoms with Crippen LogP contribution in [0.4, 0.5) is 4.39 Å². The third kappa shape index (κ3) is 6.03. The highest BCUT2D eigenvalue weighted by Gasteiger charge is 2.21. The molecule has 1 aliphatic heterocycles. The second kappa shape index (κ2) is 9.46. The third-order valence-corrected chi connectivity index (χ3v) is 5.02. The molecule has 0 aliphatic carbocycles. The van der Waals surface area contributed by atoms with Crippen molar-refractivity contribution < 1.29 is 13.9 Å². The first-order chi connectivity index (χ1) is 13.1. The third-order valence-electron chi connectivity index (χ3n) is 5.02. The van der Waals surface area contributed by atoms with Crippen molar-refractivity contribution in [3.8, 4) is 11.6 Å². The number of amides is 1. The number of hydrogen-bond donors (Lipinski definition) is 2. The number of halogens is 1. The van der Waals surface area contributed by atoms with Crippen LogP contribution in [0.2, 0.25) is 0 Å². The molecular weight excluding hydrogens is 345 g/mol. The molecule has 1 unspecified atom stereocenters. The molecule has 1 aromatic heterocycles. The first-order valence-corrected chi connectivity index (χ1v) is 9.46. The standard InChI is InChI=1S/C21H26FN3O2/c1-15(17-8-10-23-11-9-17)12-20(26)24-13-16-2-7-21(25-14-16)27-19-5-3-18(22)4-6-19/h2-7,14-15,17,23H,8-13H2,1H3,(H,24,26). The fourth-order valence-electron chi connectivity index (χ4n) is 3.34. The van der Waals surface area contributed by atoms with Crippen molar-refractivity contribution in [1.29, 1.82) is 0 Å². The number of ether oxygens (including phenoxy) is 1. The Hall–Kier alpha value is -2.47. The summed E-state index contributed by atoms with van der Waals surface area (Å²) in [5.74, 6) is 1.75. The average Bonchev–Trinajstić information content (AvgIpc) is 2.70. The summed E-state index contributed by atoms with van der Waals surface area (Å²) < 4.78 is 18.5. The van der Waals surface area contributed by atoms with Crippen molar-refractivity contribution in [2.75, 3.05) is 13.1 Å². The summed E-state index contributed by atoms with van der Waals surface area (Å²) in [6.07, 6.45) is 4.53. The van der Waals surface area contributed by atoms with Gasteiger partial charge in [-0.3, -0.25) is 4.79 Å². The Kier molecular flexibility index (Phi) is 6.76. The zero-order chi connectivity index (χ0) is 19.1. The van der Waals surface area contributed by atoms with Crippen molar-refractivity contribution in [1.82, 2.24) is 15.6 Å². The lowest BCUT2D eigenvalue weighted by atomic mass is 9.84. The highest BCUT2D eigenvalue weighted by molar-refractivity contribution is 5.76. The van der Waals surface area contributed by atoms with E-state index >= 15 is 0 Å². The van der Waals surface area contributed by atoms with Crippen LogP contribution in [0.5, 0.6) is 11.6 Å². The number of pyridine rings is 1. The van der Waals surface area contributed by atoms with E-state index in [9.17, 15) is 9.18 Å². The van der Waals surface area contributed by atoms with E-state index in [1.165, 1.54) is 12.1 Å². The minimum atomic E-state index is -0.309. The van der Waals surface area contributed by atoms with E-state index in [1.807, 2.05) is 6.07 Å². The maximum atomic E-state index is 12.9. The highest BCUT2D eigenvalue weighted by Crippen LogP contribution is 2.24. The number of carbonyl (C=O) groups is 1. The summed E-state index contributed by atoms with van der Waals surface area (Å²) >= 11 is 0. The van der Waals surface area contributed by atoms with Gasteiger partial charge in [0.05, 0.1) is 0 Å². The molecule has 2 heterocycles. The fourth-order valence-corrected chi connectivity index (χ4v) is 3.34. The zero-order valence-electron chi connectivity index (χ0n) is 15.6. The summed E-state index contributed by atoms with van der Waals surface area (Å²) in [7, 11) is 0. The van der Waals surface area contributed by atoms with Crippen LogP contribution < -0.4 is 15.4 Å². The molecule has 1 atom stereocenters. The van der Waals surface area contributed by atoms with Gasteiger partial charge in [0, 0.05) is 25.2 Å². The number of rotatable bonds is 7. The SMILES string of the molecule is CC(CC(=O)NCc1ccc(Oc2ccc(F)cc2)nc1)C1CCNCC1. The van der Waals surface area contributed by atoms with Gasteiger partial charge in [-0.15, -0.1) is 0 Å². The lowest BCUT2D eigenvalue weighted by Gasteiger charge is -2.27. The molecule has 1 aromatic carbocycles. The van der Waals surface area contributed by atoms with E-state index in [0.717, 1.165) is 31.5 Å². The molecule has 0 radical (unpaired) electrons. The Balaban J connectivity index is 1.43. The van der Waals surface area contributed by atoms with Crippen LogP contribution in [-0.4, -0.2) is 24.0 Å². The Morgan fingerprint density at radius 1 is 1.26 bits per heavy atom. The smallest absolute Gasteiger partial charge is 0.220 e. The summed E-state index contributed by atoms with van der Waals surface area (Å²) in [4.78, 5) is 16.4. The Bertz CT molecular complexity index is 728. The molecular formula is C21H26FN3O2. The first kappa shape index (κ1) is 19.3. The summed E-state index contributed by atoms with van der Waals surface area (Å²) in [5, 5.41) is 6.32. The number of hydrogen-bond acceptors (Lipinski definition) is 4. The topological polar surface area (TPSA) is 63.2 Å². The van der Waals surface area contributed by atoms with Crippen molar-refractivity contribution in [2.45, 2.75) is 32.7 Å². The number of aromatic nitrogens is 1. The number of nitrogens with one attached hydrogen (secondary N) is 2. The molecule has 1 saturated heterocycles. The van der Waals surface area contributed by atoms with Gasteiger partial charge in [0.15, 0.2) is 0 Å². The van der Waals surface area contributed by atoms with Gasteiger partial charge in [0.1, 0.15) is 11.6 Å². The normalized spacial score (nSPS) is 15.9. The lowest BCUT2D eigenvalue weighted by Crippen LogP contribution is -2.33. The van der Waals surface area contributed by atoms with E-state index in [-0.39, 0.29) is 11.7 Å². The zero-order valence-corrected chi connectivity index (χ0v) is 15.6. The molecule has 6 heteroatoms. The minimum Gasteiger partial charge on any atom is -0.439 e. The van der Waals surface area contributed by atoms with Crippen LogP contribution in [-0.2, 0) is 11.3 Å². The molecule has 1 aliphatic rings. The van der Waals surface area contributed by atoms with Crippen molar-refractivity contribution >= 4 is 5.91 Å². The van der Waals surface area contributed by atoms with Gasteiger partial charge >= 0.3 is 0 Å². The second-order valence-corrected chi connectivity index (χ2v) is 7.11. The average molecular weight is 371 g/mol. The maximum absolute atomic E-state index is 12.9. The predicted molar refractivity (Wildman–Crippen MR) is 102 cm³/mol. The van der Waals surface area contributed by atoms with Crippen LogP contribution in [0.1, 0.15) is 31.7 Å². The second-order valence-electron chi connectivity index (χ2n) is 7.11.